The number of nitrogens with zero attached hydrogens (tertiary/aromatic N) is 2. The number of urea groups is 1. The minimum atomic E-state index is -0.0255. The Morgan fingerprint density at radius 1 is 1.09 bits per heavy atom. The molecule has 1 saturated heterocycles. The average Bonchev–Trinajstić information content (AvgIpc) is 3.30. The predicted octanol–water partition coefficient (Wildman–Crippen LogP) is 4.58. The second-order valence-corrected chi connectivity index (χ2v) is 9.74. The van der Waals surface area contributed by atoms with Crippen LogP contribution in [0.25, 0.3) is 11.1 Å². The van der Waals surface area contributed by atoms with Crippen molar-refractivity contribution in [3.05, 3.63) is 48.0 Å². The van der Waals surface area contributed by atoms with E-state index >= 15 is 0 Å². The molecule has 1 aliphatic carbocycles. The number of rotatable bonds is 4. The van der Waals surface area contributed by atoms with Crippen molar-refractivity contribution in [3.63, 3.8) is 0 Å². The van der Waals surface area contributed by atoms with E-state index in [-0.39, 0.29) is 36.7 Å². The molecule has 0 unspecified atom stereocenters. The molecule has 0 aromatic heterocycles. The molecule has 2 aromatic rings. The van der Waals surface area contributed by atoms with Crippen molar-refractivity contribution in [2.24, 2.45) is 5.92 Å². The van der Waals surface area contributed by atoms with Crippen molar-refractivity contribution in [3.8, 4) is 16.9 Å². The molecule has 3 aliphatic rings. The van der Waals surface area contributed by atoms with Crippen molar-refractivity contribution in [1.29, 1.82) is 0 Å². The van der Waals surface area contributed by atoms with Crippen LogP contribution in [0.3, 0.4) is 0 Å². The lowest BCUT2D eigenvalue weighted by atomic mass is 9.81. The van der Waals surface area contributed by atoms with Gasteiger partial charge in [-0.1, -0.05) is 37.5 Å². The molecule has 2 aliphatic heterocycles. The smallest absolute Gasteiger partial charge is 0.318 e. The van der Waals surface area contributed by atoms with E-state index in [4.69, 9.17) is 4.74 Å². The number of ether oxygens (including phenoxy) is 1. The number of likely N-dealkylation sites (N-methyl/N-ethyl adjacent to an activating group) is 1. The molecular formula is C27H35N3O3. The molecule has 1 saturated carbocycles. The average molecular weight is 450 g/mol. The van der Waals surface area contributed by atoms with Gasteiger partial charge >= 0.3 is 6.03 Å². The summed E-state index contributed by atoms with van der Waals surface area (Å²) < 4.78 is 5.43. The molecule has 6 nitrogen and oxygen atoms in total. The van der Waals surface area contributed by atoms with Crippen LogP contribution in [0.4, 0.5) is 10.5 Å². The number of aliphatic hydroxyl groups excluding tert-OH is 1. The maximum Gasteiger partial charge on any atom is 0.318 e. The van der Waals surface area contributed by atoms with E-state index in [2.05, 4.69) is 41.5 Å². The molecule has 2 fully saturated rings. The van der Waals surface area contributed by atoms with Gasteiger partial charge < -0.3 is 25.0 Å². The first-order valence-corrected chi connectivity index (χ1v) is 12.3. The van der Waals surface area contributed by atoms with Crippen molar-refractivity contribution >= 4 is 11.7 Å². The fourth-order valence-corrected chi connectivity index (χ4v) is 6.17. The fraction of sp³-hybridized carbons (Fsp3) is 0.519. The van der Waals surface area contributed by atoms with E-state index in [1.165, 1.54) is 24.8 Å². The van der Waals surface area contributed by atoms with Crippen molar-refractivity contribution in [2.45, 2.75) is 56.7 Å². The number of anilines is 1. The SMILES string of the molecule is COc1cccc(-c2ccc3c(c2)[C@H]2[C@H](CCN2C(=O)NC2CCCCC2)[C@@H](CO)N3C)c1. The normalized spacial score (nSPS) is 24.9. The quantitative estimate of drug-likeness (QED) is 0.717. The Morgan fingerprint density at radius 3 is 2.64 bits per heavy atom. The molecule has 2 aromatic carbocycles. The Balaban J connectivity index is 1.50. The number of hydrogen-bond acceptors (Lipinski definition) is 4. The first kappa shape index (κ1) is 22.1. The number of fused-ring (bicyclic) bond motifs is 3. The molecule has 176 valence electrons. The zero-order valence-electron chi connectivity index (χ0n) is 19.7. The first-order valence-electron chi connectivity index (χ1n) is 12.3. The Kier molecular flexibility index (Phi) is 6.19. The molecule has 3 atom stereocenters. The highest BCUT2D eigenvalue weighted by molar-refractivity contribution is 5.78. The van der Waals surface area contributed by atoms with Crippen LogP contribution in [0.5, 0.6) is 5.75 Å². The minimum absolute atomic E-state index is 0.0117. The number of benzene rings is 2. The maximum atomic E-state index is 13.4. The summed E-state index contributed by atoms with van der Waals surface area (Å²) in [5, 5.41) is 13.6. The summed E-state index contributed by atoms with van der Waals surface area (Å²) in [6.07, 6.45) is 6.72. The van der Waals surface area contributed by atoms with Gasteiger partial charge in [-0.25, -0.2) is 4.79 Å². The van der Waals surface area contributed by atoms with Gasteiger partial charge in [-0.15, -0.1) is 0 Å². The summed E-state index contributed by atoms with van der Waals surface area (Å²) in [5.74, 6) is 1.04. The van der Waals surface area contributed by atoms with Crippen molar-refractivity contribution < 1.29 is 14.6 Å². The number of amides is 2. The van der Waals surface area contributed by atoms with Crippen LogP contribution in [0, 0.1) is 5.92 Å². The summed E-state index contributed by atoms with van der Waals surface area (Å²) in [4.78, 5) is 17.6. The van der Waals surface area contributed by atoms with Gasteiger partial charge in [0.05, 0.1) is 25.8 Å². The fourth-order valence-electron chi connectivity index (χ4n) is 6.17. The molecule has 2 N–H and O–H groups in total. The highest BCUT2D eigenvalue weighted by Gasteiger charge is 2.47. The standard InChI is InChI=1S/C27H35N3O3/c1-29-24-12-11-19(18-7-6-10-21(15-18)33-2)16-23(24)26-22(25(29)17-31)13-14-30(26)27(32)28-20-8-4-3-5-9-20/h6-7,10-12,15-16,20,22,25-26,31H,3-5,8-9,13-14,17H2,1-2H3,(H,28,32)/t22-,25-,26-/m1/s1. The topological polar surface area (TPSA) is 65.0 Å². The van der Waals surface area contributed by atoms with Gasteiger partial charge in [-0.3, -0.25) is 0 Å². The zero-order valence-corrected chi connectivity index (χ0v) is 19.7. The number of nitrogens with one attached hydrogen (secondary N) is 1. The number of carbonyl (C=O) groups is 1. The Hall–Kier alpha value is -2.73. The summed E-state index contributed by atoms with van der Waals surface area (Å²) in [6.45, 7) is 0.813. The second kappa shape index (κ2) is 9.26. The second-order valence-electron chi connectivity index (χ2n) is 9.74. The van der Waals surface area contributed by atoms with E-state index in [0.717, 1.165) is 48.4 Å². The lowest BCUT2D eigenvalue weighted by Crippen LogP contribution is -2.50. The summed E-state index contributed by atoms with van der Waals surface area (Å²) >= 11 is 0. The van der Waals surface area contributed by atoms with E-state index in [1.807, 2.05) is 23.1 Å². The number of hydrogen-bond donors (Lipinski definition) is 2. The van der Waals surface area contributed by atoms with Crippen molar-refractivity contribution in [2.75, 3.05) is 32.2 Å². The van der Waals surface area contributed by atoms with E-state index in [0.29, 0.717) is 0 Å². The van der Waals surface area contributed by atoms with Crippen LogP contribution in [0.2, 0.25) is 0 Å². The van der Waals surface area contributed by atoms with Crippen LogP contribution in [-0.4, -0.2) is 55.4 Å². The largest absolute Gasteiger partial charge is 0.497 e. The lowest BCUT2D eigenvalue weighted by Gasteiger charge is -2.44. The number of aliphatic hydroxyl groups is 1. The highest BCUT2D eigenvalue weighted by Crippen LogP contribution is 2.49. The Bertz CT molecular complexity index is 1000. The molecule has 5 rings (SSSR count). The third-order valence-corrected chi connectivity index (χ3v) is 7.95. The van der Waals surface area contributed by atoms with E-state index in [9.17, 15) is 9.90 Å². The van der Waals surface area contributed by atoms with Crippen LogP contribution in [0.1, 0.15) is 50.1 Å². The van der Waals surface area contributed by atoms with Crippen LogP contribution in [-0.2, 0) is 0 Å². The molecule has 2 heterocycles. The maximum absolute atomic E-state index is 13.4. The molecule has 0 spiro atoms. The number of likely N-dealkylation sites (tertiary alicyclic amines) is 1. The van der Waals surface area contributed by atoms with E-state index in [1.54, 1.807) is 7.11 Å². The van der Waals surface area contributed by atoms with Crippen LogP contribution < -0.4 is 15.0 Å². The van der Waals surface area contributed by atoms with Gasteiger partial charge in [-0.2, -0.15) is 0 Å². The molecule has 33 heavy (non-hydrogen) atoms. The van der Waals surface area contributed by atoms with E-state index < -0.39 is 0 Å². The molecule has 6 heteroatoms. The lowest BCUT2D eigenvalue weighted by molar-refractivity contribution is 0.156. The summed E-state index contributed by atoms with van der Waals surface area (Å²) in [6, 6.07) is 14.9. The number of methoxy groups -OCH3 is 1. The van der Waals surface area contributed by atoms with Crippen LogP contribution in [0.15, 0.2) is 42.5 Å². The zero-order chi connectivity index (χ0) is 22.9. The monoisotopic (exact) mass is 449 g/mol. The Morgan fingerprint density at radius 2 is 1.88 bits per heavy atom. The van der Waals surface area contributed by atoms with Gasteiger partial charge in [0.25, 0.3) is 0 Å². The number of carbonyl (C=O) groups excluding carboxylic acids is 1. The molecule has 0 radical (unpaired) electrons. The van der Waals surface area contributed by atoms with Gasteiger partial charge in [0, 0.05) is 31.2 Å². The third kappa shape index (κ3) is 4.05. The first-order chi connectivity index (χ1) is 16.1. The molecule has 0 bridgehead atoms. The van der Waals surface area contributed by atoms with Gasteiger partial charge in [0.1, 0.15) is 5.75 Å². The van der Waals surface area contributed by atoms with Gasteiger partial charge in [-0.05, 0) is 60.2 Å². The summed E-state index contributed by atoms with van der Waals surface area (Å²) in [5.41, 5.74) is 4.47. The highest BCUT2D eigenvalue weighted by atomic mass is 16.5. The van der Waals surface area contributed by atoms with Gasteiger partial charge in [0.2, 0.25) is 0 Å². The minimum Gasteiger partial charge on any atom is -0.497 e. The summed E-state index contributed by atoms with van der Waals surface area (Å²) in [7, 11) is 3.74. The van der Waals surface area contributed by atoms with Crippen molar-refractivity contribution in [1.82, 2.24) is 10.2 Å². The van der Waals surface area contributed by atoms with Crippen LogP contribution >= 0.6 is 0 Å². The third-order valence-electron chi connectivity index (χ3n) is 7.95. The Labute approximate surface area is 196 Å². The predicted molar refractivity (Wildman–Crippen MR) is 131 cm³/mol. The molecular weight excluding hydrogens is 414 g/mol. The molecule has 2 amide bonds. The van der Waals surface area contributed by atoms with Gasteiger partial charge in [0.15, 0.2) is 0 Å².